The van der Waals surface area contributed by atoms with Crippen molar-refractivity contribution in [3.8, 4) is 5.75 Å². The smallest absolute Gasteiger partial charge is 0.317 e. The van der Waals surface area contributed by atoms with Crippen LogP contribution in [0.4, 0.5) is 10.5 Å². The van der Waals surface area contributed by atoms with Crippen LogP contribution in [-0.4, -0.2) is 63.9 Å². The molecule has 3 aliphatic rings. The molecule has 6 nitrogen and oxygen atoms in total. The average molecular weight is 373 g/mol. The number of benzene rings is 1. The predicted octanol–water partition coefficient (Wildman–Crippen LogP) is 2.31. The number of carbonyl (C=O) groups excluding carboxylic acids is 1. The van der Waals surface area contributed by atoms with E-state index in [9.17, 15) is 4.79 Å². The van der Waals surface area contributed by atoms with Crippen LogP contribution in [0.15, 0.2) is 24.3 Å². The second kappa shape index (κ2) is 7.97. The number of ether oxygens (including phenoxy) is 1. The highest BCUT2D eigenvalue weighted by atomic mass is 16.5. The number of likely N-dealkylation sites (tertiary alicyclic amines) is 1. The molecule has 0 saturated carbocycles. The van der Waals surface area contributed by atoms with Crippen molar-refractivity contribution in [1.82, 2.24) is 15.5 Å². The van der Waals surface area contributed by atoms with Gasteiger partial charge in [-0.15, -0.1) is 0 Å². The minimum absolute atomic E-state index is 0.126. The summed E-state index contributed by atoms with van der Waals surface area (Å²) in [4.78, 5) is 17.1. The molecule has 1 aromatic carbocycles. The Morgan fingerprint density at radius 3 is 2.89 bits per heavy atom. The lowest BCUT2D eigenvalue weighted by molar-refractivity contribution is 0.182. The second-order valence-electron chi connectivity index (χ2n) is 8.38. The molecule has 3 heterocycles. The number of amides is 2. The van der Waals surface area contributed by atoms with E-state index in [2.05, 4.69) is 27.7 Å². The first kappa shape index (κ1) is 18.4. The summed E-state index contributed by atoms with van der Waals surface area (Å²) in [6, 6.07) is 8.30. The first-order chi connectivity index (χ1) is 13.2. The van der Waals surface area contributed by atoms with Crippen LogP contribution in [0.1, 0.15) is 25.7 Å². The third-order valence-electron chi connectivity index (χ3n) is 6.64. The first-order valence-electron chi connectivity index (χ1n) is 10.3. The summed E-state index contributed by atoms with van der Waals surface area (Å²) < 4.78 is 5.49. The normalized spacial score (nSPS) is 24.4. The molecule has 0 aromatic heterocycles. The van der Waals surface area contributed by atoms with Crippen molar-refractivity contribution in [3.05, 3.63) is 24.3 Å². The zero-order chi connectivity index (χ0) is 18.7. The Bertz CT molecular complexity index is 659. The van der Waals surface area contributed by atoms with Crippen LogP contribution in [0.2, 0.25) is 0 Å². The van der Waals surface area contributed by atoms with Gasteiger partial charge in [0.05, 0.1) is 12.8 Å². The van der Waals surface area contributed by atoms with Crippen molar-refractivity contribution in [2.75, 3.05) is 57.8 Å². The zero-order valence-corrected chi connectivity index (χ0v) is 16.4. The van der Waals surface area contributed by atoms with E-state index in [0.29, 0.717) is 11.3 Å². The molecule has 1 atom stereocenters. The minimum atomic E-state index is 0.126. The molecule has 0 radical (unpaired) electrons. The van der Waals surface area contributed by atoms with Gasteiger partial charge < -0.3 is 25.2 Å². The lowest BCUT2D eigenvalue weighted by Crippen LogP contribution is -2.44. The van der Waals surface area contributed by atoms with Gasteiger partial charge in [0.1, 0.15) is 5.75 Å². The fourth-order valence-electron chi connectivity index (χ4n) is 4.93. The van der Waals surface area contributed by atoms with Crippen LogP contribution >= 0.6 is 0 Å². The van der Waals surface area contributed by atoms with Gasteiger partial charge >= 0.3 is 6.03 Å². The Morgan fingerprint density at radius 2 is 2.07 bits per heavy atom. The number of carbonyl (C=O) groups is 1. The molecule has 1 spiro atoms. The topological polar surface area (TPSA) is 56.8 Å². The molecule has 1 unspecified atom stereocenters. The van der Waals surface area contributed by atoms with Crippen molar-refractivity contribution in [2.24, 2.45) is 11.3 Å². The number of methoxy groups -OCH3 is 1. The summed E-state index contributed by atoms with van der Waals surface area (Å²) in [6.45, 7) is 6.77. The molecule has 6 heteroatoms. The van der Waals surface area contributed by atoms with Crippen LogP contribution in [0, 0.1) is 11.3 Å². The van der Waals surface area contributed by atoms with Gasteiger partial charge in [0.2, 0.25) is 0 Å². The fourth-order valence-corrected chi connectivity index (χ4v) is 4.93. The minimum Gasteiger partial charge on any atom is -0.495 e. The Labute approximate surface area is 162 Å². The van der Waals surface area contributed by atoms with Crippen LogP contribution in [0.5, 0.6) is 5.75 Å². The van der Waals surface area contributed by atoms with E-state index in [1.54, 1.807) is 7.11 Å². The summed E-state index contributed by atoms with van der Waals surface area (Å²) in [5, 5.41) is 6.64. The van der Waals surface area contributed by atoms with Gasteiger partial charge in [-0.2, -0.15) is 0 Å². The SMILES string of the molecule is COc1ccccc1N1CCC(CNC(=O)N2CCC3(CCNCC3)C2)C1. The predicted molar refractivity (Wildman–Crippen MR) is 107 cm³/mol. The zero-order valence-electron chi connectivity index (χ0n) is 16.4. The molecule has 0 bridgehead atoms. The number of rotatable bonds is 4. The number of nitrogens with zero attached hydrogens (tertiary/aromatic N) is 2. The summed E-state index contributed by atoms with van der Waals surface area (Å²) in [6.07, 6.45) is 4.67. The van der Waals surface area contributed by atoms with Crippen LogP contribution in [0.3, 0.4) is 0 Å². The molecule has 2 N–H and O–H groups in total. The highest BCUT2D eigenvalue weighted by molar-refractivity contribution is 5.74. The molecular weight excluding hydrogens is 340 g/mol. The van der Waals surface area contributed by atoms with E-state index in [4.69, 9.17) is 4.74 Å². The van der Waals surface area contributed by atoms with Gasteiger partial charge in [-0.3, -0.25) is 0 Å². The van der Waals surface area contributed by atoms with Crippen molar-refractivity contribution in [1.29, 1.82) is 0 Å². The number of hydrogen-bond donors (Lipinski definition) is 2. The third-order valence-corrected chi connectivity index (χ3v) is 6.64. The molecule has 1 aromatic rings. The number of piperidine rings is 1. The maximum Gasteiger partial charge on any atom is 0.317 e. The van der Waals surface area contributed by atoms with Gasteiger partial charge in [0, 0.05) is 32.7 Å². The van der Waals surface area contributed by atoms with E-state index in [-0.39, 0.29) is 6.03 Å². The third kappa shape index (κ3) is 4.00. The standard InChI is InChI=1S/C21H32N4O2/c1-27-19-5-3-2-4-18(19)24-12-6-17(15-24)14-23-20(26)25-13-9-21(16-25)7-10-22-11-8-21/h2-5,17,22H,6-16H2,1H3,(H,23,26). The Balaban J connectivity index is 1.25. The van der Waals surface area contributed by atoms with E-state index in [1.165, 1.54) is 12.8 Å². The number of nitrogens with one attached hydrogen (secondary N) is 2. The summed E-state index contributed by atoms with van der Waals surface area (Å²) in [5.41, 5.74) is 1.53. The van der Waals surface area contributed by atoms with E-state index < -0.39 is 0 Å². The number of para-hydroxylation sites is 2. The summed E-state index contributed by atoms with van der Waals surface area (Å²) in [5.74, 6) is 1.42. The molecule has 0 aliphatic carbocycles. The summed E-state index contributed by atoms with van der Waals surface area (Å²) >= 11 is 0. The highest BCUT2D eigenvalue weighted by Gasteiger charge is 2.40. The first-order valence-corrected chi connectivity index (χ1v) is 10.3. The Hall–Kier alpha value is -1.95. The van der Waals surface area contributed by atoms with Gasteiger partial charge in [-0.25, -0.2) is 4.79 Å². The van der Waals surface area contributed by atoms with Crippen LogP contribution in [-0.2, 0) is 0 Å². The van der Waals surface area contributed by atoms with Gasteiger partial charge in [-0.05, 0) is 62.2 Å². The molecule has 3 aliphatic heterocycles. The molecule has 2 amide bonds. The molecule has 148 valence electrons. The van der Waals surface area contributed by atoms with Gasteiger partial charge in [-0.1, -0.05) is 12.1 Å². The molecule has 3 saturated heterocycles. The van der Waals surface area contributed by atoms with Crippen molar-refractivity contribution < 1.29 is 9.53 Å². The van der Waals surface area contributed by atoms with Gasteiger partial charge in [0.25, 0.3) is 0 Å². The van der Waals surface area contributed by atoms with Crippen molar-refractivity contribution in [2.45, 2.75) is 25.7 Å². The molecule has 4 rings (SSSR count). The van der Waals surface area contributed by atoms with E-state index in [0.717, 1.165) is 70.1 Å². The van der Waals surface area contributed by atoms with E-state index >= 15 is 0 Å². The number of anilines is 1. The lowest BCUT2D eigenvalue weighted by atomic mass is 9.78. The van der Waals surface area contributed by atoms with E-state index in [1.807, 2.05) is 17.0 Å². The maximum atomic E-state index is 12.6. The van der Waals surface area contributed by atoms with Crippen LogP contribution < -0.4 is 20.3 Å². The lowest BCUT2D eigenvalue weighted by Gasteiger charge is -2.33. The Morgan fingerprint density at radius 1 is 1.26 bits per heavy atom. The quantitative estimate of drug-likeness (QED) is 0.852. The molecule has 27 heavy (non-hydrogen) atoms. The van der Waals surface area contributed by atoms with Crippen LogP contribution in [0.25, 0.3) is 0 Å². The molecule has 3 fully saturated rings. The average Bonchev–Trinajstić information content (AvgIpc) is 3.34. The number of urea groups is 1. The van der Waals surface area contributed by atoms with Gasteiger partial charge in [0.15, 0.2) is 0 Å². The van der Waals surface area contributed by atoms with Crippen molar-refractivity contribution in [3.63, 3.8) is 0 Å². The Kier molecular flexibility index (Phi) is 5.43. The maximum absolute atomic E-state index is 12.6. The largest absolute Gasteiger partial charge is 0.495 e. The fraction of sp³-hybridized carbons (Fsp3) is 0.667. The number of hydrogen-bond acceptors (Lipinski definition) is 4. The molecular formula is C21H32N4O2. The van der Waals surface area contributed by atoms with Crippen molar-refractivity contribution >= 4 is 11.7 Å². The second-order valence-corrected chi connectivity index (χ2v) is 8.38. The summed E-state index contributed by atoms with van der Waals surface area (Å²) in [7, 11) is 1.72. The monoisotopic (exact) mass is 372 g/mol. The highest BCUT2D eigenvalue weighted by Crippen LogP contribution is 2.38.